The molecule has 2 N–H and O–H groups in total. The first-order chi connectivity index (χ1) is 8.16. The molecule has 1 heterocycles. The summed E-state index contributed by atoms with van der Waals surface area (Å²) >= 11 is 0. The van der Waals surface area contributed by atoms with Gasteiger partial charge in [-0.2, -0.15) is 0 Å². The van der Waals surface area contributed by atoms with E-state index in [0.717, 1.165) is 25.0 Å². The van der Waals surface area contributed by atoms with Crippen LogP contribution in [0.2, 0.25) is 0 Å². The number of carboxylic acid groups (broad SMARTS) is 1. The van der Waals surface area contributed by atoms with Crippen molar-refractivity contribution in [3.05, 3.63) is 29.3 Å². The van der Waals surface area contributed by atoms with Gasteiger partial charge in [0.2, 0.25) is 0 Å². The number of hydrogen-bond donors (Lipinski definition) is 2. The average molecular weight is 235 g/mol. The molecule has 4 heteroatoms. The zero-order chi connectivity index (χ0) is 12.3. The van der Waals surface area contributed by atoms with E-state index < -0.39 is 5.97 Å². The number of ether oxygens (including phenoxy) is 1. The fraction of sp³-hybridized carbons (Fsp3) is 0.462. The molecule has 1 aliphatic rings. The Balaban J connectivity index is 2.06. The van der Waals surface area contributed by atoms with Crippen LogP contribution in [0.25, 0.3) is 0 Å². The van der Waals surface area contributed by atoms with Gasteiger partial charge in [-0.05, 0) is 31.9 Å². The molecule has 0 saturated carbocycles. The first-order valence-corrected chi connectivity index (χ1v) is 5.86. The van der Waals surface area contributed by atoms with Gasteiger partial charge in [0, 0.05) is 18.8 Å². The van der Waals surface area contributed by atoms with Crippen LogP contribution in [0.4, 0.5) is 5.69 Å². The first-order valence-electron chi connectivity index (χ1n) is 5.86. The lowest BCUT2D eigenvalue weighted by molar-refractivity contribution is 0.0697. The van der Waals surface area contributed by atoms with Gasteiger partial charge in [0.15, 0.2) is 0 Å². The summed E-state index contributed by atoms with van der Waals surface area (Å²) in [5.41, 5.74) is 1.94. The second-order valence-corrected chi connectivity index (χ2v) is 4.37. The monoisotopic (exact) mass is 235 g/mol. The highest BCUT2D eigenvalue weighted by Gasteiger charge is 2.16. The third-order valence-electron chi connectivity index (χ3n) is 2.95. The molecule has 0 aliphatic carbocycles. The summed E-state index contributed by atoms with van der Waals surface area (Å²) in [5, 5.41) is 12.3. The van der Waals surface area contributed by atoms with Crippen molar-refractivity contribution < 1.29 is 14.6 Å². The normalized spacial score (nSPS) is 19.2. The van der Waals surface area contributed by atoms with Gasteiger partial charge in [0.05, 0.1) is 11.7 Å². The minimum absolute atomic E-state index is 0.206. The van der Waals surface area contributed by atoms with Crippen molar-refractivity contribution in [3.8, 4) is 0 Å². The van der Waals surface area contributed by atoms with Crippen LogP contribution in [-0.4, -0.2) is 30.3 Å². The molecule has 0 spiro atoms. The lowest BCUT2D eigenvalue weighted by atomic mass is 10.1. The van der Waals surface area contributed by atoms with Crippen LogP contribution in [-0.2, 0) is 4.74 Å². The fourth-order valence-corrected chi connectivity index (χ4v) is 2.02. The van der Waals surface area contributed by atoms with E-state index in [2.05, 4.69) is 5.32 Å². The molecular formula is C13H17NO3. The Hall–Kier alpha value is -1.55. The Morgan fingerprint density at radius 1 is 1.59 bits per heavy atom. The van der Waals surface area contributed by atoms with Crippen LogP contribution < -0.4 is 5.32 Å². The molecule has 17 heavy (non-hydrogen) atoms. The largest absolute Gasteiger partial charge is 0.478 e. The second kappa shape index (κ2) is 5.19. The third kappa shape index (κ3) is 2.97. The summed E-state index contributed by atoms with van der Waals surface area (Å²) in [6, 6.07) is 5.40. The Kier molecular flexibility index (Phi) is 3.64. The maximum atomic E-state index is 11.1. The van der Waals surface area contributed by atoms with Gasteiger partial charge in [-0.25, -0.2) is 4.79 Å². The maximum absolute atomic E-state index is 11.1. The van der Waals surface area contributed by atoms with E-state index in [0.29, 0.717) is 17.8 Å². The molecule has 1 aliphatic heterocycles. The predicted molar refractivity (Wildman–Crippen MR) is 65.6 cm³/mol. The molecule has 0 radical (unpaired) electrons. The van der Waals surface area contributed by atoms with Crippen LogP contribution in [0.15, 0.2) is 18.2 Å². The molecule has 1 aromatic carbocycles. The van der Waals surface area contributed by atoms with Gasteiger partial charge in [0.1, 0.15) is 0 Å². The van der Waals surface area contributed by atoms with Crippen LogP contribution in [0.3, 0.4) is 0 Å². The molecule has 1 unspecified atom stereocenters. The molecule has 1 aromatic rings. The number of hydrogen-bond acceptors (Lipinski definition) is 3. The molecular weight excluding hydrogens is 218 g/mol. The summed E-state index contributed by atoms with van der Waals surface area (Å²) < 4.78 is 5.49. The van der Waals surface area contributed by atoms with E-state index in [1.54, 1.807) is 6.07 Å². The zero-order valence-corrected chi connectivity index (χ0v) is 9.90. The summed E-state index contributed by atoms with van der Waals surface area (Å²) in [4.78, 5) is 11.1. The van der Waals surface area contributed by atoms with E-state index in [1.165, 1.54) is 0 Å². The van der Waals surface area contributed by atoms with Gasteiger partial charge in [-0.15, -0.1) is 0 Å². The van der Waals surface area contributed by atoms with E-state index in [4.69, 9.17) is 9.84 Å². The number of benzene rings is 1. The lowest BCUT2D eigenvalue weighted by Gasteiger charge is -2.14. The minimum Gasteiger partial charge on any atom is -0.478 e. The lowest BCUT2D eigenvalue weighted by Crippen LogP contribution is -2.19. The van der Waals surface area contributed by atoms with Crippen molar-refractivity contribution in [2.75, 3.05) is 18.5 Å². The zero-order valence-electron chi connectivity index (χ0n) is 9.90. The van der Waals surface area contributed by atoms with Gasteiger partial charge < -0.3 is 15.2 Å². The van der Waals surface area contributed by atoms with Crippen molar-refractivity contribution in [1.82, 2.24) is 0 Å². The highest BCUT2D eigenvalue weighted by atomic mass is 16.5. The Morgan fingerprint density at radius 2 is 2.41 bits per heavy atom. The van der Waals surface area contributed by atoms with Gasteiger partial charge in [-0.3, -0.25) is 0 Å². The number of aryl methyl sites for hydroxylation is 1. The van der Waals surface area contributed by atoms with Crippen molar-refractivity contribution in [1.29, 1.82) is 0 Å². The van der Waals surface area contributed by atoms with Crippen molar-refractivity contribution in [2.24, 2.45) is 0 Å². The van der Waals surface area contributed by atoms with E-state index in [-0.39, 0.29) is 6.10 Å². The minimum atomic E-state index is -0.899. The first kappa shape index (κ1) is 11.9. The van der Waals surface area contributed by atoms with Crippen LogP contribution in [0.5, 0.6) is 0 Å². The number of nitrogens with one attached hydrogen (secondary N) is 1. The van der Waals surface area contributed by atoms with Crippen molar-refractivity contribution >= 4 is 11.7 Å². The Morgan fingerprint density at radius 3 is 3.06 bits per heavy atom. The molecule has 0 aromatic heterocycles. The molecule has 1 atom stereocenters. The van der Waals surface area contributed by atoms with Gasteiger partial charge in [0.25, 0.3) is 0 Å². The Labute approximate surface area is 101 Å². The number of anilines is 1. The average Bonchev–Trinajstić information content (AvgIpc) is 2.80. The molecule has 2 rings (SSSR count). The second-order valence-electron chi connectivity index (χ2n) is 4.37. The summed E-state index contributed by atoms with van der Waals surface area (Å²) in [6.45, 7) is 3.37. The maximum Gasteiger partial charge on any atom is 0.337 e. The molecule has 1 fully saturated rings. The number of rotatable bonds is 4. The smallest absolute Gasteiger partial charge is 0.337 e. The number of carboxylic acids is 1. The van der Waals surface area contributed by atoms with Crippen molar-refractivity contribution in [3.63, 3.8) is 0 Å². The fourth-order valence-electron chi connectivity index (χ4n) is 2.02. The van der Waals surface area contributed by atoms with Crippen LogP contribution >= 0.6 is 0 Å². The molecule has 4 nitrogen and oxygen atoms in total. The van der Waals surface area contributed by atoms with Gasteiger partial charge in [-0.1, -0.05) is 11.6 Å². The van der Waals surface area contributed by atoms with Crippen LogP contribution in [0.1, 0.15) is 28.8 Å². The predicted octanol–water partition coefficient (Wildman–Crippen LogP) is 2.28. The quantitative estimate of drug-likeness (QED) is 0.840. The highest BCUT2D eigenvalue weighted by Crippen LogP contribution is 2.19. The van der Waals surface area contributed by atoms with E-state index >= 15 is 0 Å². The topological polar surface area (TPSA) is 58.6 Å². The van der Waals surface area contributed by atoms with Gasteiger partial charge >= 0.3 is 5.97 Å². The third-order valence-corrected chi connectivity index (χ3v) is 2.95. The molecule has 0 bridgehead atoms. The molecule has 0 amide bonds. The van der Waals surface area contributed by atoms with Crippen molar-refractivity contribution in [2.45, 2.75) is 25.9 Å². The summed E-state index contributed by atoms with van der Waals surface area (Å²) in [7, 11) is 0. The number of aromatic carboxylic acids is 1. The van der Waals surface area contributed by atoms with Crippen LogP contribution in [0, 0.1) is 6.92 Å². The number of carbonyl (C=O) groups is 1. The molecule has 1 saturated heterocycles. The standard InChI is InChI=1S/C13H17NO3/c1-9-4-5-12(11(7-9)13(15)16)14-8-10-3-2-6-17-10/h4-5,7,10,14H,2-3,6,8H2,1H3,(H,15,16). The SMILES string of the molecule is Cc1ccc(NCC2CCCO2)c(C(=O)O)c1. The summed E-state index contributed by atoms with van der Waals surface area (Å²) in [6.07, 6.45) is 2.34. The molecule has 92 valence electrons. The Bertz CT molecular complexity index is 411. The summed E-state index contributed by atoms with van der Waals surface area (Å²) in [5.74, 6) is -0.899. The highest BCUT2D eigenvalue weighted by molar-refractivity contribution is 5.94. The van der Waals surface area contributed by atoms with E-state index in [1.807, 2.05) is 19.1 Å². The van der Waals surface area contributed by atoms with E-state index in [9.17, 15) is 4.79 Å².